The molecule has 84 valence electrons. The number of nitrogens with zero attached hydrogens (tertiary/aromatic N) is 1. The van der Waals surface area contributed by atoms with E-state index in [1.807, 2.05) is 38.2 Å². The van der Waals surface area contributed by atoms with Crippen LogP contribution < -0.4 is 0 Å². The van der Waals surface area contributed by atoms with E-state index in [1.54, 1.807) is 0 Å². The Kier molecular flexibility index (Phi) is 4.30. The second kappa shape index (κ2) is 5.29. The summed E-state index contributed by atoms with van der Waals surface area (Å²) in [6.07, 6.45) is -0.390. The van der Waals surface area contributed by atoms with Crippen molar-refractivity contribution in [3.8, 4) is 0 Å². The quantitative estimate of drug-likeness (QED) is 0.819. The summed E-state index contributed by atoms with van der Waals surface area (Å²) in [7, 11) is 2.03. The molecular weight excluding hydrogens is 186 g/mol. The van der Waals surface area contributed by atoms with Crippen LogP contribution in [0, 0.1) is 6.92 Å². The van der Waals surface area contributed by atoms with E-state index in [0.29, 0.717) is 12.6 Å². The SMILES string of the molecule is Cc1ccccc1C(O)CN(C)C(C)C. The van der Waals surface area contributed by atoms with Crippen LogP contribution in [0.5, 0.6) is 0 Å². The zero-order chi connectivity index (χ0) is 11.4. The fourth-order valence-electron chi connectivity index (χ4n) is 1.54. The standard InChI is InChI=1S/C13H21NO/c1-10(2)14(4)9-13(15)12-8-6-5-7-11(12)3/h5-8,10,13,15H,9H2,1-4H3. The molecule has 2 heteroatoms. The first-order valence-electron chi connectivity index (χ1n) is 5.46. The van der Waals surface area contributed by atoms with E-state index in [0.717, 1.165) is 11.1 Å². The van der Waals surface area contributed by atoms with Gasteiger partial charge >= 0.3 is 0 Å². The van der Waals surface area contributed by atoms with Gasteiger partial charge in [0.05, 0.1) is 6.10 Å². The number of likely N-dealkylation sites (N-methyl/N-ethyl adjacent to an activating group) is 1. The van der Waals surface area contributed by atoms with Crippen LogP contribution >= 0.6 is 0 Å². The highest BCUT2D eigenvalue weighted by atomic mass is 16.3. The molecule has 1 atom stereocenters. The highest BCUT2D eigenvalue weighted by molar-refractivity contribution is 5.27. The van der Waals surface area contributed by atoms with E-state index in [-0.39, 0.29) is 0 Å². The molecular formula is C13H21NO. The fraction of sp³-hybridized carbons (Fsp3) is 0.538. The van der Waals surface area contributed by atoms with Crippen LogP contribution in [-0.2, 0) is 0 Å². The molecule has 0 heterocycles. The number of aliphatic hydroxyl groups is 1. The van der Waals surface area contributed by atoms with Crippen LogP contribution in [0.4, 0.5) is 0 Å². The number of aryl methyl sites for hydroxylation is 1. The van der Waals surface area contributed by atoms with E-state index in [1.165, 1.54) is 0 Å². The molecule has 1 rings (SSSR count). The lowest BCUT2D eigenvalue weighted by molar-refractivity contribution is 0.112. The van der Waals surface area contributed by atoms with Gasteiger partial charge in [0.15, 0.2) is 0 Å². The van der Waals surface area contributed by atoms with Gasteiger partial charge in [-0.15, -0.1) is 0 Å². The molecule has 0 saturated carbocycles. The van der Waals surface area contributed by atoms with Gasteiger partial charge in [-0.3, -0.25) is 0 Å². The summed E-state index contributed by atoms with van der Waals surface area (Å²) in [6, 6.07) is 8.46. The molecule has 0 saturated heterocycles. The second-order valence-electron chi connectivity index (χ2n) is 4.41. The third-order valence-corrected chi connectivity index (χ3v) is 2.89. The lowest BCUT2D eigenvalue weighted by Crippen LogP contribution is -2.31. The summed E-state index contributed by atoms with van der Waals surface area (Å²) < 4.78 is 0. The van der Waals surface area contributed by atoms with Crippen LogP contribution in [0.25, 0.3) is 0 Å². The van der Waals surface area contributed by atoms with Crippen molar-refractivity contribution in [2.24, 2.45) is 0 Å². The highest BCUT2D eigenvalue weighted by Crippen LogP contribution is 2.18. The maximum atomic E-state index is 10.1. The normalized spacial score (nSPS) is 13.5. The summed E-state index contributed by atoms with van der Waals surface area (Å²) >= 11 is 0. The molecule has 0 bridgehead atoms. The monoisotopic (exact) mass is 207 g/mol. The van der Waals surface area contributed by atoms with Gasteiger partial charge in [0, 0.05) is 12.6 Å². The second-order valence-corrected chi connectivity index (χ2v) is 4.41. The summed E-state index contributed by atoms with van der Waals surface area (Å²) in [4.78, 5) is 2.15. The van der Waals surface area contributed by atoms with Crippen LogP contribution in [0.1, 0.15) is 31.1 Å². The van der Waals surface area contributed by atoms with Crippen LogP contribution in [-0.4, -0.2) is 29.6 Å². The van der Waals surface area contributed by atoms with Gasteiger partial charge in [-0.1, -0.05) is 24.3 Å². The molecule has 15 heavy (non-hydrogen) atoms. The van der Waals surface area contributed by atoms with Gasteiger partial charge in [0.1, 0.15) is 0 Å². The summed E-state index contributed by atoms with van der Waals surface area (Å²) in [6.45, 7) is 6.98. The molecule has 1 aromatic carbocycles. The Morgan fingerprint density at radius 2 is 1.87 bits per heavy atom. The Bertz CT molecular complexity index is 309. The Hall–Kier alpha value is -0.860. The lowest BCUT2D eigenvalue weighted by atomic mass is 10.0. The van der Waals surface area contributed by atoms with Crippen molar-refractivity contribution < 1.29 is 5.11 Å². The molecule has 0 fully saturated rings. The molecule has 1 unspecified atom stereocenters. The topological polar surface area (TPSA) is 23.5 Å². The average molecular weight is 207 g/mol. The smallest absolute Gasteiger partial charge is 0.0919 e. The van der Waals surface area contributed by atoms with E-state index in [2.05, 4.69) is 18.7 Å². The van der Waals surface area contributed by atoms with Gasteiger partial charge in [0.25, 0.3) is 0 Å². The van der Waals surface area contributed by atoms with Crippen molar-refractivity contribution in [2.75, 3.05) is 13.6 Å². The number of aliphatic hydroxyl groups excluding tert-OH is 1. The molecule has 0 aliphatic carbocycles. The molecule has 0 amide bonds. The van der Waals surface area contributed by atoms with E-state index in [4.69, 9.17) is 0 Å². The maximum Gasteiger partial charge on any atom is 0.0919 e. The van der Waals surface area contributed by atoms with Crippen molar-refractivity contribution in [3.63, 3.8) is 0 Å². The predicted octanol–water partition coefficient (Wildman–Crippen LogP) is 2.37. The van der Waals surface area contributed by atoms with E-state index < -0.39 is 6.10 Å². The van der Waals surface area contributed by atoms with Gasteiger partial charge < -0.3 is 10.0 Å². The van der Waals surface area contributed by atoms with Crippen molar-refractivity contribution in [1.82, 2.24) is 4.90 Å². The van der Waals surface area contributed by atoms with Crippen LogP contribution in [0.15, 0.2) is 24.3 Å². The van der Waals surface area contributed by atoms with Gasteiger partial charge in [-0.2, -0.15) is 0 Å². The average Bonchev–Trinajstić information content (AvgIpc) is 2.18. The Morgan fingerprint density at radius 3 is 2.40 bits per heavy atom. The molecule has 0 radical (unpaired) electrons. The Balaban J connectivity index is 2.69. The van der Waals surface area contributed by atoms with Crippen LogP contribution in [0.2, 0.25) is 0 Å². The van der Waals surface area contributed by atoms with Crippen molar-refractivity contribution in [2.45, 2.75) is 32.9 Å². The number of rotatable bonds is 4. The van der Waals surface area contributed by atoms with Crippen molar-refractivity contribution in [1.29, 1.82) is 0 Å². The minimum atomic E-state index is -0.390. The fourth-order valence-corrected chi connectivity index (χ4v) is 1.54. The molecule has 1 aromatic rings. The number of hydrogen-bond acceptors (Lipinski definition) is 2. The molecule has 0 aliphatic heterocycles. The third-order valence-electron chi connectivity index (χ3n) is 2.89. The van der Waals surface area contributed by atoms with Gasteiger partial charge in [-0.25, -0.2) is 0 Å². The number of benzene rings is 1. The minimum Gasteiger partial charge on any atom is -0.387 e. The number of hydrogen-bond donors (Lipinski definition) is 1. The van der Waals surface area contributed by atoms with Crippen molar-refractivity contribution in [3.05, 3.63) is 35.4 Å². The van der Waals surface area contributed by atoms with Gasteiger partial charge in [0.2, 0.25) is 0 Å². The third kappa shape index (κ3) is 3.33. The predicted molar refractivity (Wildman–Crippen MR) is 63.9 cm³/mol. The van der Waals surface area contributed by atoms with E-state index in [9.17, 15) is 5.11 Å². The van der Waals surface area contributed by atoms with E-state index >= 15 is 0 Å². The molecule has 0 spiro atoms. The molecule has 2 nitrogen and oxygen atoms in total. The van der Waals surface area contributed by atoms with Crippen molar-refractivity contribution >= 4 is 0 Å². The first-order valence-corrected chi connectivity index (χ1v) is 5.46. The summed E-state index contributed by atoms with van der Waals surface area (Å²) in [5.74, 6) is 0. The molecule has 0 aromatic heterocycles. The minimum absolute atomic E-state index is 0.390. The Morgan fingerprint density at radius 1 is 1.27 bits per heavy atom. The van der Waals surface area contributed by atoms with Crippen LogP contribution in [0.3, 0.4) is 0 Å². The zero-order valence-corrected chi connectivity index (χ0v) is 10.1. The Labute approximate surface area is 92.5 Å². The zero-order valence-electron chi connectivity index (χ0n) is 10.1. The maximum absolute atomic E-state index is 10.1. The molecule has 0 aliphatic rings. The largest absolute Gasteiger partial charge is 0.387 e. The van der Waals surface area contributed by atoms with Gasteiger partial charge in [-0.05, 0) is 38.9 Å². The lowest BCUT2D eigenvalue weighted by Gasteiger charge is -2.25. The highest BCUT2D eigenvalue weighted by Gasteiger charge is 2.13. The first-order chi connectivity index (χ1) is 7.02. The summed E-state index contributed by atoms with van der Waals surface area (Å²) in [5, 5.41) is 10.1. The first kappa shape index (κ1) is 12.2. The molecule has 1 N–H and O–H groups in total. The summed E-state index contributed by atoms with van der Waals surface area (Å²) in [5.41, 5.74) is 2.19.